The number of hydrogen-bond acceptors (Lipinski definition) is 4. The second kappa shape index (κ2) is 15.4. The Morgan fingerprint density at radius 3 is 1.48 bits per heavy atom. The lowest BCUT2D eigenvalue weighted by atomic mass is 9.96. The van der Waals surface area contributed by atoms with Gasteiger partial charge in [0.05, 0.1) is 11.0 Å². The van der Waals surface area contributed by atoms with Crippen LogP contribution in [0.15, 0.2) is 235 Å². The molecule has 0 aliphatic rings. The number of aromatic nitrogens is 4. The Morgan fingerprint density at radius 1 is 0.288 bits per heavy atom. The Balaban J connectivity index is 1.04. The van der Waals surface area contributed by atoms with E-state index >= 15 is 0 Å². The van der Waals surface area contributed by atoms with Gasteiger partial charge in [0, 0.05) is 43.9 Å². The molecule has 0 saturated heterocycles. The molecule has 0 aliphatic carbocycles. The number of para-hydroxylation sites is 2. The molecule has 3 heterocycles. The minimum atomic E-state index is 0.584. The van der Waals surface area contributed by atoms with Crippen molar-refractivity contribution in [1.82, 2.24) is 19.5 Å². The first-order chi connectivity index (χ1) is 32.7. The van der Waals surface area contributed by atoms with E-state index in [0.29, 0.717) is 17.5 Å². The van der Waals surface area contributed by atoms with Gasteiger partial charge in [0.15, 0.2) is 17.5 Å². The molecule has 0 saturated carbocycles. The molecule has 308 valence electrons. The van der Waals surface area contributed by atoms with E-state index in [9.17, 15) is 0 Å². The van der Waals surface area contributed by atoms with E-state index in [-0.39, 0.29) is 0 Å². The van der Waals surface area contributed by atoms with E-state index in [1.54, 1.807) is 0 Å². The number of nitrogens with zero attached hydrogens (tertiary/aromatic N) is 4. The SMILES string of the molecule is c1ccc(-c2ccc(-c3nc(-c4ccc(-c5ccccc5)cc4)nc(-c4ccc(-n5c6ccccc6c6cc7ccccc7cc65)cc4-c4ccc5oc6ccccc6c5c4)n3)cc2)cc1. The average Bonchev–Trinajstić information content (AvgIpc) is 3.93. The van der Waals surface area contributed by atoms with Crippen LogP contribution in [0.25, 0.3) is 128 Å². The smallest absolute Gasteiger partial charge is 0.164 e. The van der Waals surface area contributed by atoms with Gasteiger partial charge in [0.1, 0.15) is 11.2 Å². The Kier molecular flexibility index (Phi) is 8.78. The van der Waals surface area contributed by atoms with Gasteiger partial charge in [-0.2, -0.15) is 0 Å². The number of fused-ring (bicyclic) bond motifs is 7. The summed E-state index contributed by atoms with van der Waals surface area (Å²) in [5.74, 6) is 1.78. The summed E-state index contributed by atoms with van der Waals surface area (Å²) in [4.78, 5) is 15.9. The molecule has 0 N–H and O–H groups in total. The Hall–Kier alpha value is -8.93. The maximum Gasteiger partial charge on any atom is 0.164 e. The van der Waals surface area contributed by atoms with Gasteiger partial charge in [-0.05, 0) is 98.8 Å². The van der Waals surface area contributed by atoms with Crippen LogP contribution in [0, 0.1) is 0 Å². The van der Waals surface area contributed by atoms with Crippen LogP contribution in [0.4, 0.5) is 0 Å². The fourth-order valence-corrected chi connectivity index (χ4v) is 9.57. The minimum Gasteiger partial charge on any atom is -0.456 e. The first kappa shape index (κ1) is 37.6. The van der Waals surface area contributed by atoms with Crippen LogP contribution in [0.5, 0.6) is 0 Å². The molecule has 0 radical (unpaired) electrons. The molecule has 0 amide bonds. The van der Waals surface area contributed by atoms with Crippen LogP contribution < -0.4 is 0 Å². The zero-order valence-electron chi connectivity index (χ0n) is 35.6. The molecular weight excluding hydrogens is 805 g/mol. The third-order valence-corrected chi connectivity index (χ3v) is 12.9. The second-order valence-corrected chi connectivity index (χ2v) is 16.8. The lowest BCUT2D eigenvalue weighted by molar-refractivity contribution is 0.669. The molecule has 0 aliphatic heterocycles. The van der Waals surface area contributed by atoms with Crippen molar-refractivity contribution >= 4 is 54.5 Å². The Labute approximate surface area is 380 Å². The normalized spacial score (nSPS) is 11.6. The maximum atomic E-state index is 6.34. The van der Waals surface area contributed by atoms with Gasteiger partial charge in [-0.25, -0.2) is 15.0 Å². The standard InChI is InChI=1S/C61H38N4O/c1-3-13-39(14-4-1)41-23-27-43(28-24-41)59-62-60(44-29-25-42(26-30-44)40-15-5-2-6-16-40)64-61(63-59)51-33-32-48(38-52(51)47-31-34-58-54(36-47)50-20-10-12-22-57(50)66-58)65-55-21-11-9-19-49(55)53-35-45-17-7-8-18-46(45)37-56(53)65/h1-38H. The van der Waals surface area contributed by atoms with Gasteiger partial charge in [-0.1, -0.05) is 176 Å². The predicted octanol–water partition coefficient (Wildman–Crippen LogP) is 16.0. The molecule has 13 rings (SSSR count). The van der Waals surface area contributed by atoms with Crippen molar-refractivity contribution in [1.29, 1.82) is 0 Å². The molecule has 0 unspecified atom stereocenters. The molecule has 5 heteroatoms. The fraction of sp³-hybridized carbons (Fsp3) is 0. The lowest BCUT2D eigenvalue weighted by Gasteiger charge is -2.16. The van der Waals surface area contributed by atoms with E-state index in [4.69, 9.17) is 19.4 Å². The van der Waals surface area contributed by atoms with Crippen LogP contribution in [0.2, 0.25) is 0 Å². The zero-order valence-corrected chi connectivity index (χ0v) is 35.6. The topological polar surface area (TPSA) is 56.7 Å². The summed E-state index contributed by atoms with van der Waals surface area (Å²) in [6.07, 6.45) is 0. The van der Waals surface area contributed by atoms with Crippen molar-refractivity contribution in [3.63, 3.8) is 0 Å². The highest BCUT2D eigenvalue weighted by atomic mass is 16.3. The fourth-order valence-electron chi connectivity index (χ4n) is 9.57. The summed E-state index contributed by atoms with van der Waals surface area (Å²) in [5.41, 5.74) is 14.3. The van der Waals surface area contributed by atoms with Gasteiger partial charge in [-0.3, -0.25) is 0 Å². The van der Waals surface area contributed by atoms with Crippen molar-refractivity contribution < 1.29 is 4.42 Å². The molecule has 10 aromatic carbocycles. The molecule has 66 heavy (non-hydrogen) atoms. The Bertz CT molecular complexity index is 3860. The third-order valence-electron chi connectivity index (χ3n) is 12.9. The monoisotopic (exact) mass is 842 g/mol. The summed E-state index contributed by atoms with van der Waals surface area (Å²) in [6.45, 7) is 0. The van der Waals surface area contributed by atoms with Gasteiger partial charge < -0.3 is 8.98 Å². The molecule has 3 aromatic heterocycles. The average molecular weight is 843 g/mol. The van der Waals surface area contributed by atoms with Crippen molar-refractivity contribution in [2.24, 2.45) is 0 Å². The van der Waals surface area contributed by atoms with Crippen molar-refractivity contribution in [2.75, 3.05) is 0 Å². The van der Waals surface area contributed by atoms with Crippen molar-refractivity contribution in [2.45, 2.75) is 0 Å². The van der Waals surface area contributed by atoms with E-state index in [0.717, 1.165) is 88.7 Å². The molecular formula is C61H38N4O. The number of hydrogen-bond donors (Lipinski definition) is 0. The second-order valence-electron chi connectivity index (χ2n) is 16.8. The summed E-state index contributed by atoms with van der Waals surface area (Å²) in [5, 5.41) is 6.96. The first-order valence-electron chi connectivity index (χ1n) is 22.2. The van der Waals surface area contributed by atoms with Crippen molar-refractivity contribution in [3.05, 3.63) is 231 Å². The van der Waals surface area contributed by atoms with Gasteiger partial charge >= 0.3 is 0 Å². The first-order valence-corrected chi connectivity index (χ1v) is 22.2. The third kappa shape index (κ3) is 6.44. The zero-order chi connectivity index (χ0) is 43.6. The van der Waals surface area contributed by atoms with Gasteiger partial charge in [0.25, 0.3) is 0 Å². The maximum absolute atomic E-state index is 6.34. The lowest BCUT2D eigenvalue weighted by Crippen LogP contribution is -2.02. The molecule has 0 atom stereocenters. The number of furan rings is 1. The number of rotatable bonds is 7. The van der Waals surface area contributed by atoms with Crippen LogP contribution in [0.1, 0.15) is 0 Å². The van der Waals surface area contributed by atoms with Crippen LogP contribution in [-0.4, -0.2) is 19.5 Å². The van der Waals surface area contributed by atoms with Crippen LogP contribution in [-0.2, 0) is 0 Å². The van der Waals surface area contributed by atoms with E-state index in [2.05, 4.69) is 211 Å². The van der Waals surface area contributed by atoms with Crippen LogP contribution >= 0.6 is 0 Å². The molecule has 0 fully saturated rings. The highest BCUT2D eigenvalue weighted by Crippen LogP contribution is 2.41. The van der Waals surface area contributed by atoms with E-state index in [1.807, 2.05) is 24.3 Å². The molecule has 0 spiro atoms. The van der Waals surface area contributed by atoms with Crippen molar-refractivity contribution in [3.8, 4) is 73.2 Å². The summed E-state index contributed by atoms with van der Waals surface area (Å²) in [6, 6.07) is 81.2. The minimum absolute atomic E-state index is 0.584. The highest BCUT2D eigenvalue weighted by Gasteiger charge is 2.20. The summed E-state index contributed by atoms with van der Waals surface area (Å²) in [7, 11) is 0. The molecule has 13 aromatic rings. The predicted molar refractivity (Wildman–Crippen MR) is 272 cm³/mol. The quantitative estimate of drug-likeness (QED) is 0.160. The van der Waals surface area contributed by atoms with Gasteiger partial charge in [-0.15, -0.1) is 0 Å². The Morgan fingerprint density at radius 2 is 0.803 bits per heavy atom. The molecule has 0 bridgehead atoms. The van der Waals surface area contributed by atoms with E-state index < -0.39 is 0 Å². The summed E-state index contributed by atoms with van der Waals surface area (Å²) < 4.78 is 8.73. The highest BCUT2D eigenvalue weighted by molar-refractivity contribution is 6.14. The number of benzene rings is 10. The van der Waals surface area contributed by atoms with Crippen LogP contribution in [0.3, 0.4) is 0 Å². The summed E-state index contributed by atoms with van der Waals surface area (Å²) >= 11 is 0. The van der Waals surface area contributed by atoms with Gasteiger partial charge in [0.2, 0.25) is 0 Å². The largest absolute Gasteiger partial charge is 0.456 e. The molecule has 5 nitrogen and oxygen atoms in total. The van der Waals surface area contributed by atoms with E-state index in [1.165, 1.54) is 21.5 Å².